The molecule has 0 spiro atoms. The fourth-order valence-electron chi connectivity index (χ4n) is 2.51. The summed E-state index contributed by atoms with van der Waals surface area (Å²) in [6.07, 6.45) is 1.75. The lowest BCUT2D eigenvalue weighted by Crippen LogP contribution is -2.36. The molecule has 1 aliphatic heterocycles. The van der Waals surface area contributed by atoms with Gasteiger partial charge in [0.25, 0.3) is 0 Å². The van der Waals surface area contributed by atoms with Crippen LogP contribution in [0, 0.1) is 0 Å². The lowest BCUT2D eigenvalue weighted by atomic mass is 9.91. The molecule has 2 amide bonds. The molecule has 0 radical (unpaired) electrons. The third-order valence-corrected chi connectivity index (χ3v) is 3.63. The Kier molecular flexibility index (Phi) is 3.39. The van der Waals surface area contributed by atoms with E-state index in [4.69, 9.17) is 0 Å². The van der Waals surface area contributed by atoms with Gasteiger partial charge in [-0.2, -0.15) is 0 Å². The SMILES string of the molecule is CN(C(=O)C1CC(=O)Nc2ncccc21)c1ccccc1. The van der Waals surface area contributed by atoms with Crippen LogP contribution in [0.25, 0.3) is 0 Å². The minimum Gasteiger partial charge on any atom is -0.315 e. The molecule has 5 nitrogen and oxygen atoms in total. The van der Waals surface area contributed by atoms with Crippen LogP contribution in [0.1, 0.15) is 17.9 Å². The average molecular weight is 281 g/mol. The summed E-state index contributed by atoms with van der Waals surface area (Å²) in [5.74, 6) is -0.299. The number of nitrogens with one attached hydrogen (secondary N) is 1. The summed E-state index contributed by atoms with van der Waals surface area (Å²) in [6.45, 7) is 0. The van der Waals surface area contributed by atoms with Crippen molar-refractivity contribution in [2.24, 2.45) is 0 Å². The van der Waals surface area contributed by atoms with Crippen LogP contribution in [0.2, 0.25) is 0 Å². The number of rotatable bonds is 2. The molecule has 3 rings (SSSR count). The average Bonchev–Trinajstić information content (AvgIpc) is 2.53. The number of fused-ring (bicyclic) bond motifs is 1. The first-order chi connectivity index (χ1) is 10.2. The Morgan fingerprint density at radius 3 is 2.76 bits per heavy atom. The van der Waals surface area contributed by atoms with E-state index in [0.29, 0.717) is 5.82 Å². The van der Waals surface area contributed by atoms with Gasteiger partial charge in [-0.15, -0.1) is 0 Å². The summed E-state index contributed by atoms with van der Waals surface area (Å²) in [5.41, 5.74) is 1.57. The van der Waals surface area contributed by atoms with Crippen LogP contribution in [-0.2, 0) is 9.59 Å². The van der Waals surface area contributed by atoms with Crippen molar-refractivity contribution in [3.63, 3.8) is 0 Å². The maximum absolute atomic E-state index is 12.7. The predicted octanol–water partition coefficient (Wildman–Crippen LogP) is 2.17. The van der Waals surface area contributed by atoms with E-state index in [1.807, 2.05) is 36.4 Å². The number of carbonyl (C=O) groups is 2. The number of carbonyl (C=O) groups excluding carboxylic acids is 2. The van der Waals surface area contributed by atoms with Gasteiger partial charge in [0, 0.05) is 30.9 Å². The van der Waals surface area contributed by atoms with Gasteiger partial charge in [0.2, 0.25) is 11.8 Å². The summed E-state index contributed by atoms with van der Waals surface area (Å²) < 4.78 is 0. The molecule has 2 aromatic rings. The van der Waals surface area contributed by atoms with Crippen LogP contribution in [0.5, 0.6) is 0 Å². The molecular formula is C16H15N3O2. The van der Waals surface area contributed by atoms with Crippen LogP contribution in [0.3, 0.4) is 0 Å². The minimum atomic E-state index is -0.493. The van der Waals surface area contributed by atoms with Crippen molar-refractivity contribution < 1.29 is 9.59 Å². The number of hydrogen-bond acceptors (Lipinski definition) is 3. The monoisotopic (exact) mass is 281 g/mol. The van der Waals surface area contributed by atoms with Crippen molar-refractivity contribution in [3.05, 3.63) is 54.2 Å². The van der Waals surface area contributed by atoms with Gasteiger partial charge in [-0.05, 0) is 18.2 Å². The van der Waals surface area contributed by atoms with Crippen molar-refractivity contribution >= 4 is 23.3 Å². The Balaban J connectivity index is 1.93. The zero-order chi connectivity index (χ0) is 14.8. The molecule has 0 bridgehead atoms. The molecule has 2 heterocycles. The van der Waals surface area contributed by atoms with Gasteiger partial charge in [-0.1, -0.05) is 24.3 Å². The molecule has 0 saturated carbocycles. The molecule has 1 N–H and O–H groups in total. The first-order valence-corrected chi connectivity index (χ1v) is 6.74. The van der Waals surface area contributed by atoms with Crippen LogP contribution in [-0.4, -0.2) is 23.8 Å². The Morgan fingerprint density at radius 2 is 2.00 bits per heavy atom. The van der Waals surface area contributed by atoms with E-state index in [2.05, 4.69) is 10.3 Å². The number of anilines is 2. The van der Waals surface area contributed by atoms with Crippen molar-refractivity contribution in [1.82, 2.24) is 4.98 Å². The number of hydrogen-bond donors (Lipinski definition) is 1. The Bertz CT molecular complexity index is 685. The van der Waals surface area contributed by atoms with Crippen LogP contribution < -0.4 is 10.2 Å². The summed E-state index contributed by atoms with van der Waals surface area (Å²) in [5, 5.41) is 2.70. The van der Waals surface area contributed by atoms with E-state index in [1.54, 1.807) is 24.2 Å². The molecule has 1 aliphatic rings. The number of pyridine rings is 1. The predicted molar refractivity (Wildman–Crippen MR) is 80.1 cm³/mol. The lowest BCUT2D eigenvalue weighted by molar-refractivity contribution is -0.124. The van der Waals surface area contributed by atoms with Crippen molar-refractivity contribution in [2.75, 3.05) is 17.3 Å². The Hall–Kier alpha value is -2.69. The number of nitrogens with zero attached hydrogens (tertiary/aromatic N) is 2. The number of aromatic nitrogens is 1. The zero-order valence-electron chi connectivity index (χ0n) is 11.6. The Labute approximate surface area is 122 Å². The third kappa shape index (κ3) is 2.50. The molecule has 1 aromatic carbocycles. The zero-order valence-corrected chi connectivity index (χ0v) is 11.6. The maximum atomic E-state index is 12.7. The Morgan fingerprint density at radius 1 is 1.24 bits per heavy atom. The standard InChI is InChI=1S/C16H15N3O2/c1-19(11-6-3-2-4-7-11)16(21)13-10-14(20)18-15-12(13)8-5-9-17-15/h2-9,13H,10H2,1H3,(H,17,18,20). The fraction of sp³-hybridized carbons (Fsp3) is 0.188. The van der Waals surface area contributed by atoms with E-state index in [-0.39, 0.29) is 18.2 Å². The number of para-hydroxylation sites is 1. The topological polar surface area (TPSA) is 62.3 Å². The molecule has 1 unspecified atom stereocenters. The molecule has 21 heavy (non-hydrogen) atoms. The normalized spacial score (nSPS) is 16.8. The minimum absolute atomic E-state index is 0.106. The van der Waals surface area contributed by atoms with Crippen molar-refractivity contribution in [1.29, 1.82) is 0 Å². The third-order valence-electron chi connectivity index (χ3n) is 3.63. The van der Waals surface area contributed by atoms with E-state index in [9.17, 15) is 9.59 Å². The van der Waals surface area contributed by atoms with Gasteiger partial charge < -0.3 is 10.2 Å². The first kappa shape index (κ1) is 13.3. The fourth-order valence-corrected chi connectivity index (χ4v) is 2.51. The van der Waals surface area contributed by atoms with E-state index in [1.165, 1.54) is 0 Å². The van der Waals surface area contributed by atoms with Gasteiger partial charge >= 0.3 is 0 Å². The summed E-state index contributed by atoms with van der Waals surface area (Å²) in [4.78, 5) is 30.2. The van der Waals surface area contributed by atoms with Gasteiger partial charge in [-0.3, -0.25) is 9.59 Å². The van der Waals surface area contributed by atoms with E-state index in [0.717, 1.165) is 11.3 Å². The maximum Gasteiger partial charge on any atom is 0.234 e. The quantitative estimate of drug-likeness (QED) is 0.917. The summed E-state index contributed by atoms with van der Waals surface area (Å²) in [6, 6.07) is 13.0. The molecule has 0 aliphatic carbocycles. The van der Waals surface area contributed by atoms with Crippen LogP contribution in [0.4, 0.5) is 11.5 Å². The molecule has 0 saturated heterocycles. The molecule has 1 atom stereocenters. The van der Waals surface area contributed by atoms with Gasteiger partial charge in [0.15, 0.2) is 0 Å². The van der Waals surface area contributed by atoms with E-state index >= 15 is 0 Å². The molecule has 106 valence electrons. The van der Waals surface area contributed by atoms with Crippen molar-refractivity contribution in [3.8, 4) is 0 Å². The number of amides is 2. The highest BCUT2D eigenvalue weighted by Gasteiger charge is 2.33. The number of benzene rings is 1. The van der Waals surface area contributed by atoms with Gasteiger partial charge in [-0.25, -0.2) is 4.98 Å². The number of likely N-dealkylation sites (N-methyl/N-ethyl adjacent to an activating group) is 1. The molecule has 1 aromatic heterocycles. The van der Waals surface area contributed by atoms with Crippen molar-refractivity contribution in [2.45, 2.75) is 12.3 Å². The highest BCUT2D eigenvalue weighted by atomic mass is 16.2. The highest BCUT2D eigenvalue weighted by Crippen LogP contribution is 2.32. The smallest absolute Gasteiger partial charge is 0.234 e. The summed E-state index contributed by atoms with van der Waals surface area (Å²) >= 11 is 0. The van der Waals surface area contributed by atoms with Gasteiger partial charge in [0.1, 0.15) is 5.82 Å². The lowest BCUT2D eigenvalue weighted by Gasteiger charge is -2.27. The molecular weight excluding hydrogens is 266 g/mol. The second-order valence-corrected chi connectivity index (χ2v) is 4.98. The first-order valence-electron chi connectivity index (χ1n) is 6.74. The largest absolute Gasteiger partial charge is 0.315 e. The second-order valence-electron chi connectivity index (χ2n) is 4.98. The van der Waals surface area contributed by atoms with E-state index < -0.39 is 5.92 Å². The second kappa shape index (κ2) is 5.36. The molecule has 0 fully saturated rings. The van der Waals surface area contributed by atoms with Crippen LogP contribution >= 0.6 is 0 Å². The highest BCUT2D eigenvalue weighted by molar-refractivity contribution is 6.05. The summed E-state index contributed by atoms with van der Waals surface area (Å²) in [7, 11) is 1.72. The van der Waals surface area contributed by atoms with Crippen LogP contribution in [0.15, 0.2) is 48.7 Å². The van der Waals surface area contributed by atoms with Gasteiger partial charge in [0.05, 0.1) is 5.92 Å². The molecule has 5 heteroatoms.